The van der Waals surface area contributed by atoms with Crippen LogP contribution in [0.2, 0.25) is 0 Å². The fraction of sp³-hybridized carbons (Fsp3) is 0.500. The third kappa shape index (κ3) is 3.90. The quantitative estimate of drug-likeness (QED) is 0.754. The van der Waals surface area contributed by atoms with Gasteiger partial charge in [-0.3, -0.25) is 0 Å². The van der Waals surface area contributed by atoms with Gasteiger partial charge in [-0.1, -0.05) is 0 Å². The summed E-state index contributed by atoms with van der Waals surface area (Å²) in [7, 11) is 1.63. The van der Waals surface area contributed by atoms with E-state index in [0.717, 1.165) is 48.8 Å². The highest BCUT2D eigenvalue weighted by molar-refractivity contribution is 5.81. The number of halogens is 1. The molecule has 2 aliphatic rings. The molecule has 2 heterocycles. The van der Waals surface area contributed by atoms with E-state index in [1.54, 1.807) is 18.0 Å². The Balaban J connectivity index is 1.41. The molecule has 1 atom stereocenters. The highest BCUT2D eigenvalue weighted by atomic mass is 19.1. The highest BCUT2D eigenvalue weighted by Crippen LogP contribution is 2.31. The van der Waals surface area contributed by atoms with Crippen molar-refractivity contribution in [3.63, 3.8) is 0 Å². The molecule has 8 heteroatoms. The topological polar surface area (TPSA) is 80.5 Å². The first-order valence-corrected chi connectivity index (χ1v) is 9.85. The molecule has 1 aliphatic carbocycles. The van der Waals surface area contributed by atoms with Crippen LogP contribution in [-0.4, -0.2) is 59.1 Å². The van der Waals surface area contributed by atoms with Gasteiger partial charge in [-0.2, -0.15) is 0 Å². The molecule has 28 heavy (non-hydrogen) atoms. The first kappa shape index (κ1) is 18.6. The van der Waals surface area contributed by atoms with E-state index in [2.05, 4.69) is 15.6 Å². The number of hydrogen-bond donors (Lipinski definition) is 3. The van der Waals surface area contributed by atoms with Gasteiger partial charge in [-0.15, -0.1) is 0 Å². The predicted molar refractivity (Wildman–Crippen MR) is 104 cm³/mol. The van der Waals surface area contributed by atoms with Crippen molar-refractivity contribution in [3.8, 4) is 0 Å². The van der Waals surface area contributed by atoms with Crippen LogP contribution in [-0.2, 0) is 6.54 Å². The standard InChI is InChI=1S/C20H26FN5O2/c1-22-19(27)25-8-2-3-17(12-25)26(16-6-7-16)20(28)23-11-15-9-13-4-5-14(21)10-18(13)24-15/h4-5,9-10,16-17,24H,2-3,6-8,11-12H2,1H3,(H,22,27)(H,23,28). The van der Waals surface area contributed by atoms with E-state index in [0.29, 0.717) is 13.1 Å². The molecule has 7 nitrogen and oxygen atoms in total. The number of H-pyrrole nitrogens is 1. The number of piperidine rings is 1. The summed E-state index contributed by atoms with van der Waals surface area (Å²) in [6.45, 7) is 1.64. The number of hydrogen-bond acceptors (Lipinski definition) is 2. The lowest BCUT2D eigenvalue weighted by molar-refractivity contribution is 0.116. The Morgan fingerprint density at radius 2 is 2.07 bits per heavy atom. The van der Waals surface area contributed by atoms with Gasteiger partial charge < -0.3 is 25.4 Å². The zero-order chi connectivity index (χ0) is 19.7. The summed E-state index contributed by atoms with van der Waals surface area (Å²) in [4.78, 5) is 31.8. The van der Waals surface area contributed by atoms with Crippen molar-refractivity contribution in [2.75, 3.05) is 20.1 Å². The second-order valence-corrected chi connectivity index (χ2v) is 7.62. The van der Waals surface area contributed by atoms with Gasteiger partial charge in [0.15, 0.2) is 0 Å². The van der Waals surface area contributed by atoms with Crippen LogP contribution < -0.4 is 10.6 Å². The molecule has 150 valence electrons. The van der Waals surface area contributed by atoms with Crippen LogP contribution in [0.3, 0.4) is 0 Å². The van der Waals surface area contributed by atoms with Gasteiger partial charge in [0.1, 0.15) is 5.82 Å². The highest BCUT2D eigenvalue weighted by Gasteiger charge is 2.39. The average Bonchev–Trinajstić information content (AvgIpc) is 3.44. The molecule has 1 saturated heterocycles. The van der Waals surface area contributed by atoms with Crippen molar-refractivity contribution in [1.82, 2.24) is 25.4 Å². The normalized spacial score (nSPS) is 19.5. The SMILES string of the molecule is CNC(=O)N1CCCC(N(C(=O)NCc2cc3ccc(F)cc3[nH]2)C2CC2)C1. The number of aromatic amines is 1. The molecule has 0 spiro atoms. The lowest BCUT2D eigenvalue weighted by Gasteiger charge is -2.39. The van der Waals surface area contributed by atoms with E-state index in [9.17, 15) is 14.0 Å². The maximum absolute atomic E-state index is 13.4. The Hall–Kier alpha value is -2.77. The number of rotatable bonds is 4. The molecule has 1 saturated carbocycles. The fourth-order valence-corrected chi connectivity index (χ4v) is 4.02. The van der Waals surface area contributed by atoms with Crippen molar-refractivity contribution >= 4 is 23.0 Å². The molecule has 0 bridgehead atoms. The predicted octanol–water partition coefficient (Wildman–Crippen LogP) is 2.78. The molecular formula is C20H26FN5O2. The van der Waals surface area contributed by atoms with Gasteiger partial charge in [0.05, 0.1) is 12.6 Å². The lowest BCUT2D eigenvalue weighted by atomic mass is 10.0. The third-order valence-electron chi connectivity index (χ3n) is 5.54. The number of fused-ring (bicyclic) bond motifs is 1. The lowest BCUT2D eigenvalue weighted by Crippen LogP contribution is -2.56. The van der Waals surface area contributed by atoms with Gasteiger partial charge in [-0.25, -0.2) is 14.0 Å². The molecular weight excluding hydrogens is 361 g/mol. The molecule has 1 aromatic carbocycles. The number of likely N-dealkylation sites (tertiary alicyclic amines) is 1. The number of aromatic nitrogens is 1. The van der Waals surface area contributed by atoms with Crippen molar-refractivity contribution < 1.29 is 14.0 Å². The number of amides is 4. The van der Waals surface area contributed by atoms with Crippen molar-refractivity contribution in [3.05, 3.63) is 35.8 Å². The largest absolute Gasteiger partial charge is 0.357 e. The van der Waals surface area contributed by atoms with Crippen LogP contribution in [0.25, 0.3) is 10.9 Å². The van der Waals surface area contributed by atoms with Gasteiger partial charge in [0.25, 0.3) is 0 Å². The van der Waals surface area contributed by atoms with Gasteiger partial charge in [0, 0.05) is 37.4 Å². The summed E-state index contributed by atoms with van der Waals surface area (Å²) in [5, 5.41) is 6.58. The first-order chi connectivity index (χ1) is 13.5. The molecule has 0 radical (unpaired) electrons. The molecule has 3 N–H and O–H groups in total. The van der Waals surface area contributed by atoms with E-state index in [4.69, 9.17) is 0 Å². The molecule has 4 amide bonds. The molecule has 2 aromatic rings. The Labute approximate surface area is 163 Å². The van der Waals surface area contributed by atoms with E-state index in [-0.39, 0.29) is 30.0 Å². The monoisotopic (exact) mass is 387 g/mol. The van der Waals surface area contributed by atoms with Crippen molar-refractivity contribution in [2.45, 2.75) is 44.3 Å². The number of urea groups is 2. The van der Waals surface area contributed by atoms with Crippen LogP contribution in [0, 0.1) is 5.82 Å². The minimum absolute atomic E-state index is 0.0374. The first-order valence-electron chi connectivity index (χ1n) is 9.85. The number of carbonyl (C=O) groups excluding carboxylic acids is 2. The molecule has 2 fully saturated rings. The Kier molecular flexibility index (Phi) is 5.11. The third-order valence-corrected chi connectivity index (χ3v) is 5.54. The fourth-order valence-electron chi connectivity index (χ4n) is 4.02. The van der Waals surface area contributed by atoms with Crippen LogP contribution in [0.1, 0.15) is 31.4 Å². The van der Waals surface area contributed by atoms with E-state index >= 15 is 0 Å². The summed E-state index contributed by atoms with van der Waals surface area (Å²) in [5.41, 5.74) is 1.55. The maximum Gasteiger partial charge on any atom is 0.318 e. The van der Waals surface area contributed by atoms with Gasteiger partial charge in [-0.05, 0) is 55.3 Å². The molecule has 4 rings (SSSR count). The van der Waals surface area contributed by atoms with Gasteiger partial charge >= 0.3 is 12.1 Å². The van der Waals surface area contributed by atoms with Crippen LogP contribution >= 0.6 is 0 Å². The number of nitrogens with zero attached hydrogens (tertiary/aromatic N) is 2. The smallest absolute Gasteiger partial charge is 0.318 e. The summed E-state index contributed by atoms with van der Waals surface area (Å²) in [5.74, 6) is -0.289. The van der Waals surface area contributed by atoms with Crippen LogP contribution in [0.5, 0.6) is 0 Å². The maximum atomic E-state index is 13.4. The Morgan fingerprint density at radius 3 is 2.82 bits per heavy atom. The van der Waals surface area contributed by atoms with Crippen LogP contribution in [0.4, 0.5) is 14.0 Å². The van der Waals surface area contributed by atoms with Gasteiger partial charge in [0.2, 0.25) is 0 Å². The Bertz CT molecular complexity index is 879. The van der Waals surface area contributed by atoms with E-state index in [1.165, 1.54) is 12.1 Å². The summed E-state index contributed by atoms with van der Waals surface area (Å²) in [6, 6.07) is 6.62. The zero-order valence-electron chi connectivity index (χ0n) is 16.0. The minimum Gasteiger partial charge on any atom is -0.357 e. The number of benzene rings is 1. The van der Waals surface area contributed by atoms with E-state index < -0.39 is 0 Å². The average molecular weight is 387 g/mol. The minimum atomic E-state index is -0.289. The zero-order valence-corrected chi connectivity index (χ0v) is 16.0. The molecule has 1 aliphatic heterocycles. The van der Waals surface area contributed by atoms with Crippen LogP contribution in [0.15, 0.2) is 24.3 Å². The van der Waals surface area contributed by atoms with E-state index in [1.807, 2.05) is 11.0 Å². The summed E-state index contributed by atoms with van der Waals surface area (Å²) >= 11 is 0. The molecule has 1 aromatic heterocycles. The molecule has 1 unspecified atom stereocenters. The van der Waals surface area contributed by atoms with Crippen molar-refractivity contribution in [2.24, 2.45) is 0 Å². The summed E-state index contributed by atoms with van der Waals surface area (Å²) in [6.07, 6.45) is 3.82. The number of carbonyl (C=O) groups is 2. The summed E-state index contributed by atoms with van der Waals surface area (Å²) < 4.78 is 13.4. The second-order valence-electron chi connectivity index (χ2n) is 7.62. The van der Waals surface area contributed by atoms with Crippen molar-refractivity contribution in [1.29, 1.82) is 0 Å². The second kappa shape index (κ2) is 7.69. The Morgan fingerprint density at radius 1 is 1.25 bits per heavy atom. The number of nitrogens with one attached hydrogen (secondary N) is 3.